The van der Waals surface area contributed by atoms with Gasteiger partial charge < -0.3 is 0 Å². The van der Waals surface area contributed by atoms with E-state index in [4.69, 9.17) is 0 Å². The molecule has 0 aliphatic carbocycles. The second-order valence-electron chi connectivity index (χ2n) is 14.2. The van der Waals surface area contributed by atoms with E-state index in [0.29, 0.717) is 0 Å². The summed E-state index contributed by atoms with van der Waals surface area (Å²) in [6.45, 7) is 7.31. The van der Waals surface area contributed by atoms with Gasteiger partial charge in [0.1, 0.15) is 5.69 Å². The molecule has 0 saturated carbocycles. The van der Waals surface area contributed by atoms with Crippen molar-refractivity contribution in [3.63, 3.8) is 0 Å². The van der Waals surface area contributed by atoms with Crippen LogP contribution in [0.1, 0.15) is 57.6 Å². The molecule has 248 valence electrons. The molecule has 0 amide bonds. The number of benzene rings is 5. The fourth-order valence-electron chi connectivity index (χ4n) is 9.31. The molecule has 0 saturated heterocycles. The molecule has 0 spiro atoms. The SMILES string of the molecule is CCC1(C)c2ccccc2-c2cccc[n+]2C1(CC)CCCc1ccccc1-c1n(-c2ccccc2-c2ccccc2)c2ccccc2[n+]1C. The summed E-state index contributed by atoms with van der Waals surface area (Å²) in [6, 6.07) is 53.4. The summed E-state index contributed by atoms with van der Waals surface area (Å²) >= 11 is 0. The number of nitrogens with zero attached hydrogens (tertiary/aromatic N) is 3. The van der Waals surface area contributed by atoms with Crippen molar-refractivity contribution in [2.24, 2.45) is 7.05 Å². The van der Waals surface area contributed by atoms with Crippen LogP contribution in [0.25, 0.3) is 50.5 Å². The van der Waals surface area contributed by atoms with E-state index in [9.17, 15) is 0 Å². The Morgan fingerprint density at radius 2 is 1.28 bits per heavy atom. The average molecular weight is 654 g/mol. The standard InChI is InChI=1S/C47H47N3/c1-5-46(3)40-28-14-12-27-39(40)41-29-18-19-34-49(41)47(46,6-2)33-20-24-36-23-10-11-26-38(36)45-48(4)43-31-16-17-32-44(43)50(45)42-30-15-13-25-37(42)35-21-8-7-9-22-35/h7-19,21-23,25-32,34H,5-6,20,24,33H2,1-4H3/q+2. The molecule has 0 bridgehead atoms. The Hall–Kier alpha value is -5.28. The van der Waals surface area contributed by atoms with Gasteiger partial charge >= 0.3 is 0 Å². The quantitative estimate of drug-likeness (QED) is 0.138. The number of aromatic nitrogens is 3. The van der Waals surface area contributed by atoms with E-state index < -0.39 is 0 Å². The molecule has 3 heteroatoms. The van der Waals surface area contributed by atoms with Crippen molar-refractivity contribution in [3.8, 4) is 39.5 Å². The zero-order valence-corrected chi connectivity index (χ0v) is 29.8. The van der Waals surface area contributed by atoms with E-state index in [1.54, 1.807) is 0 Å². The lowest BCUT2D eigenvalue weighted by molar-refractivity contribution is -0.770. The largest absolute Gasteiger partial charge is 0.295 e. The lowest BCUT2D eigenvalue weighted by Crippen LogP contribution is -2.69. The second kappa shape index (κ2) is 12.9. The van der Waals surface area contributed by atoms with Crippen LogP contribution < -0.4 is 9.13 Å². The number of hydrogen-bond acceptors (Lipinski definition) is 0. The highest BCUT2D eigenvalue weighted by Crippen LogP contribution is 2.51. The maximum absolute atomic E-state index is 2.64. The van der Waals surface area contributed by atoms with Gasteiger partial charge in [-0.15, -0.1) is 0 Å². The number of fused-ring (bicyclic) bond motifs is 4. The normalized spacial score (nSPS) is 18.2. The lowest BCUT2D eigenvalue weighted by atomic mass is 9.58. The average Bonchev–Trinajstić information content (AvgIpc) is 3.48. The molecular formula is C47H47N3+2. The Kier molecular flexibility index (Phi) is 8.23. The van der Waals surface area contributed by atoms with Crippen LogP contribution in [0, 0.1) is 0 Å². The van der Waals surface area contributed by atoms with Crippen LogP contribution in [0.5, 0.6) is 0 Å². The molecule has 2 aromatic heterocycles. The molecule has 8 rings (SSSR count). The van der Waals surface area contributed by atoms with Crippen LogP contribution in [-0.4, -0.2) is 4.57 Å². The molecule has 2 atom stereocenters. The van der Waals surface area contributed by atoms with Crippen molar-refractivity contribution in [3.05, 3.63) is 163 Å². The fraction of sp³-hybridized carbons (Fsp3) is 0.234. The van der Waals surface area contributed by atoms with Crippen molar-refractivity contribution in [1.29, 1.82) is 0 Å². The number of aryl methyl sites for hydroxylation is 2. The van der Waals surface area contributed by atoms with E-state index in [0.717, 1.165) is 32.1 Å². The van der Waals surface area contributed by atoms with E-state index in [1.165, 1.54) is 61.6 Å². The third kappa shape index (κ3) is 4.86. The predicted molar refractivity (Wildman–Crippen MR) is 206 cm³/mol. The predicted octanol–water partition coefficient (Wildman–Crippen LogP) is 10.6. The van der Waals surface area contributed by atoms with Gasteiger partial charge in [0.05, 0.1) is 23.6 Å². The van der Waals surface area contributed by atoms with Crippen LogP contribution in [0.3, 0.4) is 0 Å². The van der Waals surface area contributed by atoms with Gasteiger partial charge in [-0.1, -0.05) is 111 Å². The molecule has 3 nitrogen and oxygen atoms in total. The van der Waals surface area contributed by atoms with Crippen LogP contribution in [0.2, 0.25) is 0 Å². The number of hydrogen-bond donors (Lipinski definition) is 0. The highest BCUT2D eigenvalue weighted by atomic mass is 15.2. The number of para-hydroxylation sites is 3. The minimum absolute atomic E-state index is 0.0108. The van der Waals surface area contributed by atoms with Gasteiger partial charge in [-0.2, -0.15) is 9.13 Å². The first-order valence-corrected chi connectivity index (χ1v) is 18.4. The highest BCUT2D eigenvalue weighted by molar-refractivity contribution is 5.84. The Balaban J connectivity index is 1.23. The minimum atomic E-state index is -0.0319. The third-order valence-corrected chi connectivity index (χ3v) is 12.0. The van der Waals surface area contributed by atoms with Crippen LogP contribution in [0.15, 0.2) is 152 Å². The first-order chi connectivity index (χ1) is 24.5. The molecule has 0 radical (unpaired) electrons. The Labute approximate surface area is 297 Å². The minimum Gasteiger partial charge on any atom is -0.225 e. The number of imidazole rings is 1. The summed E-state index contributed by atoms with van der Waals surface area (Å²) in [5.74, 6) is 1.21. The summed E-state index contributed by atoms with van der Waals surface area (Å²) in [7, 11) is 2.22. The molecule has 5 aromatic carbocycles. The molecule has 1 aliphatic heterocycles. The maximum Gasteiger partial charge on any atom is 0.295 e. The van der Waals surface area contributed by atoms with Gasteiger partial charge in [0.15, 0.2) is 22.8 Å². The van der Waals surface area contributed by atoms with Crippen LogP contribution in [0.4, 0.5) is 0 Å². The van der Waals surface area contributed by atoms with Crippen LogP contribution >= 0.6 is 0 Å². The van der Waals surface area contributed by atoms with Crippen molar-refractivity contribution in [2.75, 3.05) is 0 Å². The van der Waals surface area contributed by atoms with Crippen molar-refractivity contribution in [2.45, 2.75) is 63.8 Å². The lowest BCUT2D eigenvalue weighted by Gasteiger charge is -2.48. The highest BCUT2D eigenvalue weighted by Gasteiger charge is 2.58. The fourth-order valence-corrected chi connectivity index (χ4v) is 9.31. The summed E-state index contributed by atoms with van der Waals surface area (Å²) in [5, 5.41) is 0. The molecular weight excluding hydrogens is 607 g/mol. The smallest absolute Gasteiger partial charge is 0.225 e. The number of pyridine rings is 1. The zero-order chi connectivity index (χ0) is 34.3. The number of rotatable bonds is 9. The van der Waals surface area contributed by atoms with Gasteiger partial charge in [0, 0.05) is 30.5 Å². The molecule has 50 heavy (non-hydrogen) atoms. The molecule has 1 aliphatic rings. The summed E-state index contributed by atoms with van der Waals surface area (Å²) in [6.07, 6.45) is 7.71. The van der Waals surface area contributed by atoms with E-state index in [2.05, 4.69) is 193 Å². The van der Waals surface area contributed by atoms with Crippen molar-refractivity contribution < 1.29 is 9.13 Å². The van der Waals surface area contributed by atoms with E-state index in [-0.39, 0.29) is 11.0 Å². The van der Waals surface area contributed by atoms with E-state index in [1.807, 2.05) is 0 Å². The molecule has 3 heterocycles. The van der Waals surface area contributed by atoms with Crippen LogP contribution in [-0.2, 0) is 24.4 Å². The molecule has 0 fully saturated rings. The first kappa shape index (κ1) is 32.0. The van der Waals surface area contributed by atoms with E-state index >= 15 is 0 Å². The monoisotopic (exact) mass is 653 g/mol. The Bertz CT molecular complexity index is 2320. The second-order valence-corrected chi connectivity index (χ2v) is 14.2. The molecule has 7 aromatic rings. The Morgan fingerprint density at radius 3 is 2.08 bits per heavy atom. The molecule has 0 N–H and O–H groups in total. The summed E-state index contributed by atoms with van der Waals surface area (Å²) in [5.41, 5.74) is 12.9. The Morgan fingerprint density at radius 1 is 0.620 bits per heavy atom. The van der Waals surface area contributed by atoms with Crippen molar-refractivity contribution in [1.82, 2.24) is 4.57 Å². The van der Waals surface area contributed by atoms with Gasteiger partial charge in [-0.3, -0.25) is 0 Å². The summed E-state index contributed by atoms with van der Waals surface area (Å²) in [4.78, 5) is 0. The topological polar surface area (TPSA) is 12.7 Å². The third-order valence-electron chi connectivity index (χ3n) is 12.0. The van der Waals surface area contributed by atoms with Crippen molar-refractivity contribution >= 4 is 11.0 Å². The maximum atomic E-state index is 2.64. The molecule has 2 unspecified atom stereocenters. The zero-order valence-electron chi connectivity index (χ0n) is 29.8. The first-order valence-electron chi connectivity index (χ1n) is 18.4. The summed E-state index contributed by atoms with van der Waals surface area (Å²) < 4.78 is 7.52. The van der Waals surface area contributed by atoms with Gasteiger partial charge in [-0.25, -0.2) is 4.57 Å². The van der Waals surface area contributed by atoms with Gasteiger partial charge in [-0.05, 0) is 79.3 Å². The van der Waals surface area contributed by atoms with Gasteiger partial charge in [0.25, 0.3) is 5.82 Å². The van der Waals surface area contributed by atoms with Gasteiger partial charge in [0.2, 0.25) is 5.69 Å².